The number of primary amides is 1. The zero-order chi connectivity index (χ0) is 49.9. The molecule has 0 radical (unpaired) electrons. The lowest BCUT2D eigenvalue weighted by Crippen LogP contribution is -2.60. The van der Waals surface area contributed by atoms with E-state index in [2.05, 4.69) is 53.2 Å². The summed E-state index contributed by atoms with van der Waals surface area (Å²) in [5, 5.41) is 30.5. The van der Waals surface area contributed by atoms with E-state index in [0.29, 0.717) is 68.3 Å². The van der Waals surface area contributed by atoms with E-state index in [4.69, 9.17) is 30.2 Å². The number of carbonyl (C=O) groups excluding carboxylic acids is 6. The Labute approximate surface area is 408 Å². The van der Waals surface area contributed by atoms with E-state index in [1.54, 1.807) is 14.0 Å². The van der Waals surface area contributed by atoms with Crippen molar-refractivity contribution in [2.45, 2.75) is 143 Å². The van der Waals surface area contributed by atoms with Crippen molar-refractivity contribution in [1.82, 2.24) is 42.5 Å². The van der Waals surface area contributed by atoms with Crippen molar-refractivity contribution < 1.29 is 28.8 Å². The smallest absolute Gasteiger partial charge is 0.243 e. The number of thiocarbonyl (C=S) groups is 2. The number of amides is 6. The van der Waals surface area contributed by atoms with E-state index in [1.165, 1.54) is 0 Å². The Morgan fingerprint density at radius 2 is 0.955 bits per heavy atom. The molecule has 17 nitrogen and oxygen atoms in total. The average molecular weight is 968 g/mol. The van der Waals surface area contributed by atoms with Crippen LogP contribution in [0.25, 0.3) is 0 Å². The Morgan fingerprint density at radius 1 is 0.537 bits per heavy atom. The van der Waals surface area contributed by atoms with E-state index >= 15 is 0 Å². The monoisotopic (exact) mass is 968 g/mol. The molecule has 67 heavy (non-hydrogen) atoms. The molecule has 2 rings (SSSR count). The highest BCUT2D eigenvalue weighted by atomic mass is 32.1. The summed E-state index contributed by atoms with van der Waals surface area (Å²) >= 11 is 10.9. The quantitative estimate of drug-likeness (QED) is 0.0393. The van der Waals surface area contributed by atoms with Gasteiger partial charge in [0.1, 0.15) is 30.2 Å². The molecule has 0 heterocycles. The molecule has 0 aromatic heterocycles. The molecule has 0 saturated carbocycles. The topological polar surface area (TPSA) is 249 Å². The molecular formula is C48H77N11O6S2. The van der Waals surface area contributed by atoms with Crippen LogP contribution in [0, 0.1) is 17.8 Å². The van der Waals surface area contributed by atoms with Crippen LogP contribution in [0.3, 0.4) is 0 Å². The van der Waals surface area contributed by atoms with Gasteiger partial charge in [0, 0.05) is 24.5 Å². The van der Waals surface area contributed by atoms with Crippen molar-refractivity contribution in [3.8, 4) is 0 Å². The van der Waals surface area contributed by atoms with E-state index in [0.717, 1.165) is 11.4 Å². The van der Waals surface area contributed by atoms with Crippen molar-refractivity contribution in [2.24, 2.45) is 23.5 Å². The highest BCUT2D eigenvalue weighted by Gasteiger charge is 2.34. The number of anilines is 2. The Balaban J connectivity index is 2.33. The average Bonchev–Trinajstić information content (AvgIpc) is 3.28. The van der Waals surface area contributed by atoms with Crippen LogP contribution in [0.2, 0.25) is 0 Å². The number of para-hydroxylation sites is 2. The summed E-state index contributed by atoms with van der Waals surface area (Å²) in [6, 6.07) is 13.2. The minimum Gasteiger partial charge on any atom is -0.368 e. The van der Waals surface area contributed by atoms with Crippen LogP contribution in [0.4, 0.5) is 11.4 Å². The molecule has 2 aromatic carbocycles. The molecule has 19 heteroatoms. The fraction of sp³-hybridized carbons (Fsp3) is 0.583. The molecule has 6 amide bonds. The van der Waals surface area contributed by atoms with Gasteiger partial charge < -0.3 is 58.9 Å². The van der Waals surface area contributed by atoms with Crippen molar-refractivity contribution in [3.05, 3.63) is 60.7 Å². The number of hydrogen-bond acceptors (Lipinski definition) is 9. The van der Waals surface area contributed by atoms with Crippen molar-refractivity contribution >= 4 is 81.5 Å². The maximum atomic E-state index is 14.4. The highest BCUT2D eigenvalue weighted by Crippen LogP contribution is 2.14. The van der Waals surface area contributed by atoms with Crippen LogP contribution < -0.4 is 58.9 Å². The van der Waals surface area contributed by atoms with Gasteiger partial charge in [-0.2, -0.15) is 0 Å². The van der Waals surface area contributed by atoms with Gasteiger partial charge in [0.15, 0.2) is 10.2 Å². The zero-order valence-electron chi connectivity index (χ0n) is 40.6. The number of rotatable bonds is 30. The highest BCUT2D eigenvalue weighted by molar-refractivity contribution is 7.80. The van der Waals surface area contributed by atoms with Gasteiger partial charge in [0.2, 0.25) is 35.4 Å². The molecule has 372 valence electrons. The third-order valence-electron chi connectivity index (χ3n) is 11.0. The van der Waals surface area contributed by atoms with Gasteiger partial charge in [-0.3, -0.25) is 28.8 Å². The first-order valence-electron chi connectivity index (χ1n) is 23.5. The molecule has 12 N–H and O–H groups in total. The first-order chi connectivity index (χ1) is 31.8. The first-order valence-corrected chi connectivity index (χ1v) is 24.3. The largest absolute Gasteiger partial charge is 0.368 e. The Morgan fingerprint density at radius 3 is 1.39 bits per heavy atom. The second-order valence-electron chi connectivity index (χ2n) is 17.8. The van der Waals surface area contributed by atoms with Crippen molar-refractivity contribution in [2.75, 3.05) is 30.8 Å². The summed E-state index contributed by atoms with van der Waals surface area (Å²) in [6.45, 7) is 14.0. The summed E-state index contributed by atoms with van der Waals surface area (Å²) in [7, 11) is 1.68. The van der Waals surface area contributed by atoms with Crippen molar-refractivity contribution in [1.29, 1.82) is 0 Å². The van der Waals surface area contributed by atoms with Gasteiger partial charge in [-0.1, -0.05) is 84.4 Å². The predicted octanol–water partition coefficient (Wildman–Crippen LogP) is 3.96. The SMILES string of the molecule is CCC(C)C(NC(=O)C(CCCCNC(=S)Nc1ccccc1)NC(=O)C(CCCCNC(=S)Nc1ccccc1)NC(=O)C(C)NC(=O)C(CC(C)C)NC)C(=O)NC(CC(C)C)C(N)=O. The summed E-state index contributed by atoms with van der Waals surface area (Å²) < 4.78 is 0. The van der Waals surface area contributed by atoms with Crippen LogP contribution in [0.1, 0.15) is 106 Å². The second-order valence-corrected chi connectivity index (χ2v) is 18.6. The molecule has 0 spiro atoms. The van der Waals surface area contributed by atoms with E-state index < -0.39 is 65.8 Å². The van der Waals surface area contributed by atoms with E-state index in [1.807, 2.05) is 102 Å². The van der Waals surface area contributed by atoms with Crippen LogP contribution >= 0.6 is 24.4 Å². The number of unbranched alkanes of at least 4 members (excludes halogenated alkanes) is 2. The summed E-state index contributed by atoms with van der Waals surface area (Å²) in [5.41, 5.74) is 7.31. The summed E-state index contributed by atoms with van der Waals surface area (Å²) in [4.78, 5) is 81.6. The number of nitrogens with two attached hydrogens (primary N) is 1. The molecule has 7 atom stereocenters. The maximum absolute atomic E-state index is 14.4. The zero-order valence-corrected chi connectivity index (χ0v) is 42.2. The fourth-order valence-electron chi connectivity index (χ4n) is 6.99. The van der Waals surface area contributed by atoms with Crippen LogP contribution in [0.5, 0.6) is 0 Å². The van der Waals surface area contributed by atoms with Gasteiger partial charge >= 0.3 is 0 Å². The predicted molar refractivity (Wildman–Crippen MR) is 275 cm³/mol. The molecule has 0 bridgehead atoms. The van der Waals surface area contributed by atoms with Crippen LogP contribution in [-0.2, 0) is 28.8 Å². The molecule has 0 aliphatic heterocycles. The molecule has 0 saturated heterocycles. The van der Waals surface area contributed by atoms with Gasteiger partial charge in [0.25, 0.3) is 0 Å². The normalized spacial score (nSPS) is 14.2. The minimum absolute atomic E-state index is 0.0557. The summed E-state index contributed by atoms with van der Waals surface area (Å²) in [6.07, 6.45) is 3.83. The third kappa shape index (κ3) is 23.3. The number of likely N-dealkylation sites (N-methyl/N-ethyl adjacent to an activating group) is 1. The molecular weight excluding hydrogens is 891 g/mol. The van der Waals surface area contributed by atoms with E-state index in [9.17, 15) is 28.8 Å². The lowest BCUT2D eigenvalue weighted by atomic mass is 9.96. The Hall–Kier alpha value is -5.40. The second kappa shape index (κ2) is 31.6. The van der Waals surface area contributed by atoms with E-state index in [-0.39, 0.29) is 36.5 Å². The molecule has 2 aromatic rings. The number of hydrogen-bond donors (Lipinski definition) is 11. The van der Waals surface area contributed by atoms with Gasteiger partial charge in [-0.05, 0) is 132 Å². The number of carbonyl (C=O) groups is 6. The third-order valence-corrected chi connectivity index (χ3v) is 11.5. The Kier molecular flexibility index (Phi) is 27.2. The van der Waals surface area contributed by atoms with Crippen LogP contribution in [0.15, 0.2) is 60.7 Å². The van der Waals surface area contributed by atoms with Gasteiger partial charge in [-0.15, -0.1) is 0 Å². The van der Waals surface area contributed by atoms with Gasteiger partial charge in [0.05, 0.1) is 6.04 Å². The van der Waals surface area contributed by atoms with Gasteiger partial charge in [-0.25, -0.2) is 0 Å². The minimum atomic E-state index is -1.13. The fourth-order valence-corrected chi connectivity index (χ4v) is 7.43. The Bertz CT molecular complexity index is 1870. The number of benzene rings is 2. The molecule has 0 aliphatic rings. The first kappa shape index (κ1) is 57.7. The molecule has 7 unspecified atom stereocenters. The summed E-state index contributed by atoms with van der Waals surface area (Å²) in [5.74, 6) is -3.48. The molecule has 0 aliphatic carbocycles. The van der Waals surface area contributed by atoms with Crippen LogP contribution in [-0.4, -0.2) is 102 Å². The maximum Gasteiger partial charge on any atom is 0.243 e. The standard InChI is InChI=1S/C48H77N11O6S2/c1-9-32(6)40(46(65)58-38(41(49)60)28-30(2)3)59-44(63)37(25-17-19-27-52-48(67)55-35-22-14-11-15-23-35)57-43(62)36(24-16-18-26-51-47(66)54-34-20-12-10-13-21-34)56-42(61)33(7)53-45(64)39(50-8)29-31(4)5/h10-15,20-23,30-33,36-40,50H,9,16-19,24-29H2,1-8H3,(H2,49,60)(H,53,64)(H,56,61)(H,57,62)(H,58,65)(H,59,63)(H2,51,54,66)(H2,52,55,67). The lowest BCUT2D eigenvalue weighted by molar-refractivity contribution is -0.135. The molecule has 0 fully saturated rings. The number of nitrogens with one attached hydrogen (secondary N) is 10. The lowest BCUT2D eigenvalue weighted by Gasteiger charge is -2.29. The van der Waals surface area contributed by atoms with Crippen molar-refractivity contribution in [3.63, 3.8) is 0 Å².